The van der Waals surface area contributed by atoms with Crippen LogP contribution >= 0.6 is 0 Å². The molecule has 4 atom stereocenters. The smallest absolute Gasteiger partial charge is 0.187 e. The van der Waals surface area contributed by atoms with E-state index < -0.39 is 23.0 Å². The Morgan fingerprint density at radius 3 is 2.21 bits per heavy atom. The third-order valence-electron chi connectivity index (χ3n) is 6.45. The van der Waals surface area contributed by atoms with Crippen LogP contribution in [0.5, 0.6) is 5.75 Å². The van der Waals surface area contributed by atoms with Crippen molar-refractivity contribution in [1.82, 2.24) is 4.90 Å². The van der Waals surface area contributed by atoms with E-state index in [-0.39, 0.29) is 5.92 Å². The fourth-order valence-corrected chi connectivity index (χ4v) is 5.19. The third kappa shape index (κ3) is 3.91. The van der Waals surface area contributed by atoms with E-state index in [1.54, 1.807) is 0 Å². The van der Waals surface area contributed by atoms with E-state index in [9.17, 15) is 19.0 Å². The number of halogens is 2. The third-order valence-corrected chi connectivity index (χ3v) is 6.45. The topological polar surface area (TPSA) is 43.7 Å². The number of phenolic OH excluding ortho intramolecular Hbond substituents is 1. The van der Waals surface area contributed by atoms with Crippen LogP contribution in [-0.2, 0) is 6.42 Å². The van der Waals surface area contributed by atoms with Gasteiger partial charge in [0.05, 0.1) is 5.60 Å². The zero-order valence-electron chi connectivity index (χ0n) is 16.1. The quantitative estimate of drug-likeness (QED) is 0.812. The van der Waals surface area contributed by atoms with E-state index >= 15 is 0 Å². The van der Waals surface area contributed by atoms with Gasteiger partial charge in [-0.15, -0.1) is 0 Å². The van der Waals surface area contributed by atoms with E-state index in [1.807, 2.05) is 25.1 Å². The summed E-state index contributed by atoms with van der Waals surface area (Å²) in [6.45, 7) is 4.49. The largest absolute Gasteiger partial charge is 0.503 e. The van der Waals surface area contributed by atoms with Crippen LogP contribution in [0.3, 0.4) is 0 Å². The van der Waals surface area contributed by atoms with Gasteiger partial charge >= 0.3 is 0 Å². The Bertz CT molecular complexity index is 805. The molecule has 1 saturated carbocycles. The molecular weight excluding hydrogens is 360 g/mol. The van der Waals surface area contributed by atoms with Gasteiger partial charge in [0.2, 0.25) is 0 Å². The van der Waals surface area contributed by atoms with Gasteiger partial charge in [-0.1, -0.05) is 37.3 Å². The van der Waals surface area contributed by atoms with Crippen LogP contribution in [0, 0.1) is 23.5 Å². The number of hydrogen-bond donors (Lipinski definition) is 2. The standard InChI is InChI=1S/C23H27F2NO2/c1-15(17-7-20(24)22(27)21(25)8-17)12-26-13-18-10-23(28,11-19(18)14-26)9-16-5-3-2-4-6-16/h2-8,15,18-19,27-28H,9-14H2,1H3/t15?,18-,19+,23?. The highest BCUT2D eigenvalue weighted by atomic mass is 19.1. The second-order valence-electron chi connectivity index (χ2n) is 8.77. The molecule has 2 aromatic rings. The lowest BCUT2D eigenvalue weighted by Crippen LogP contribution is -2.33. The Hall–Kier alpha value is -1.98. The molecule has 1 heterocycles. The van der Waals surface area contributed by atoms with Crippen LogP contribution in [0.25, 0.3) is 0 Å². The number of fused-ring (bicyclic) bond motifs is 1. The van der Waals surface area contributed by atoms with Crippen molar-refractivity contribution >= 4 is 0 Å². The van der Waals surface area contributed by atoms with Gasteiger partial charge in [0.1, 0.15) is 0 Å². The maximum Gasteiger partial charge on any atom is 0.187 e. The summed E-state index contributed by atoms with van der Waals surface area (Å²) >= 11 is 0. The number of rotatable bonds is 5. The van der Waals surface area contributed by atoms with E-state index in [4.69, 9.17) is 0 Å². The zero-order valence-corrected chi connectivity index (χ0v) is 16.1. The Morgan fingerprint density at radius 2 is 1.64 bits per heavy atom. The fraction of sp³-hybridized carbons (Fsp3) is 0.478. The number of nitrogens with zero attached hydrogens (tertiary/aromatic N) is 1. The highest BCUT2D eigenvalue weighted by molar-refractivity contribution is 5.32. The van der Waals surface area contributed by atoms with Crippen LogP contribution in [0.2, 0.25) is 0 Å². The number of aromatic hydroxyl groups is 1. The van der Waals surface area contributed by atoms with Crippen molar-refractivity contribution in [3.63, 3.8) is 0 Å². The Labute approximate surface area is 164 Å². The van der Waals surface area contributed by atoms with Crippen molar-refractivity contribution in [3.8, 4) is 5.75 Å². The number of hydrogen-bond acceptors (Lipinski definition) is 3. The molecule has 1 saturated heterocycles. The number of aliphatic hydroxyl groups is 1. The van der Waals surface area contributed by atoms with E-state index in [2.05, 4.69) is 17.0 Å². The van der Waals surface area contributed by atoms with Crippen molar-refractivity contribution < 1.29 is 19.0 Å². The van der Waals surface area contributed by atoms with Gasteiger partial charge in [-0.3, -0.25) is 0 Å². The second-order valence-corrected chi connectivity index (χ2v) is 8.77. The van der Waals surface area contributed by atoms with E-state index in [1.165, 1.54) is 17.7 Å². The molecule has 4 rings (SSSR count). The van der Waals surface area contributed by atoms with Gasteiger partial charge in [0.25, 0.3) is 0 Å². The highest BCUT2D eigenvalue weighted by Gasteiger charge is 2.48. The van der Waals surface area contributed by atoms with Gasteiger partial charge < -0.3 is 15.1 Å². The monoisotopic (exact) mass is 387 g/mol. The first-order chi connectivity index (χ1) is 13.3. The molecule has 1 aliphatic heterocycles. The van der Waals surface area contributed by atoms with Crippen molar-refractivity contribution in [2.45, 2.75) is 37.7 Å². The predicted octanol–water partition coefficient (Wildman–Crippen LogP) is 4.09. The van der Waals surface area contributed by atoms with Crippen LogP contribution in [0.4, 0.5) is 8.78 Å². The molecular formula is C23H27F2NO2. The maximum atomic E-state index is 13.6. The molecule has 0 bridgehead atoms. The molecule has 2 unspecified atom stereocenters. The lowest BCUT2D eigenvalue weighted by molar-refractivity contribution is 0.0353. The average molecular weight is 387 g/mol. The van der Waals surface area contributed by atoms with Gasteiger partial charge in [-0.05, 0) is 53.9 Å². The van der Waals surface area contributed by atoms with Gasteiger partial charge in [0, 0.05) is 26.1 Å². The fourth-order valence-electron chi connectivity index (χ4n) is 5.19. The van der Waals surface area contributed by atoms with Crippen molar-refractivity contribution in [2.24, 2.45) is 11.8 Å². The number of phenols is 1. The minimum absolute atomic E-state index is 0.0355. The minimum Gasteiger partial charge on any atom is -0.503 e. The molecule has 28 heavy (non-hydrogen) atoms. The average Bonchev–Trinajstić information content (AvgIpc) is 3.13. The Morgan fingerprint density at radius 1 is 1.07 bits per heavy atom. The lowest BCUT2D eigenvalue weighted by Gasteiger charge is -2.27. The molecule has 0 aromatic heterocycles. The molecule has 2 N–H and O–H groups in total. The Kier molecular flexibility index (Phi) is 5.15. The second kappa shape index (κ2) is 7.45. The van der Waals surface area contributed by atoms with Gasteiger partial charge in [-0.2, -0.15) is 0 Å². The molecule has 0 radical (unpaired) electrons. The van der Waals surface area contributed by atoms with Crippen molar-refractivity contribution in [1.29, 1.82) is 0 Å². The normalized spacial score (nSPS) is 28.4. The highest BCUT2D eigenvalue weighted by Crippen LogP contribution is 2.45. The summed E-state index contributed by atoms with van der Waals surface area (Å²) in [4.78, 5) is 2.34. The first kappa shape index (κ1) is 19.3. The molecule has 5 heteroatoms. The summed E-state index contributed by atoms with van der Waals surface area (Å²) in [6, 6.07) is 12.6. The SMILES string of the molecule is CC(CN1C[C@@H]2CC(O)(Cc3ccccc3)C[C@@H]2C1)c1cc(F)c(O)c(F)c1. The Balaban J connectivity index is 1.35. The number of benzene rings is 2. The minimum atomic E-state index is -0.913. The summed E-state index contributed by atoms with van der Waals surface area (Å²) in [5.41, 5.74) is 1.11. The van der Waals surface area contributed by atoms with E-state index in [0.29, 0.717) is 30.4 Å². The summed E-state index contributed by atoms with van der Waals surface area (Å²) in [6.07, 6.45) is 2.31. The van der Waals surface area contributed by atoms with Crippen LogP contribution < -0.4 is 0 Å². The number of likely N-dealkylation sites (tertiary alicyclic amines) is 1. The summed E-state index contributed by atoms with van der Waals surface area (Å²) in [5, 5.41) is 20.3. The van der Waals surface area contributed by atoms with Gasteiger partial charge in [-0.25, -0.2) is 8.78 Å². The molecule has 0 amide bonds. The van der Waals surface area contributed by atoms with Crippen molar-refractivity contribution in [2.75, 3.05) is 19.6 Å². The zero-order chi connectivity index (χ0) is 19.9. The molecule has 3 nitrogen and oxygen atoms in total. The summed E-state index contributed by atoms with van der Waals surface area (Å²) < 4.78 is 27.3. The molecule has 1 aliphatic carbocycles. The summed E-state index contributed by atoms with van der Waals surface area (Å²) in [5.74, 6) is -1.84. The molecule has 2 aromatic carbocycles. The summed E-state index contributed by atoms with van der Waals surface area (Å²) in [7, 11) is 0. The molecule has 150 valence electrons. The molecule has 2 aliphatic rings. The van der Waals surface area contributed by atoms with Gasteiger partial charge in [0.15, 0.2) is 17.4 Å². The van der Waals surface area contributed by atoms with Crippen LogP contribution in [0.15, 0.2) is 42.5 Å². The van der Waals surface area contributed by atoms with Crippen LogP contribution in [0.1, 0.15) is 36.8 Å². The van der Waals surface area contributed by atoms with E-state index in [0.717, 1.165) is 25.9 Å². The maximum absolute atomic E-state index is 13.6. The first-order valence-electron chi connectivity index (χ1n) is 9.99. The lowest BCUT2D eigenvalue weighted by atomic mass is 9.91. The molecule has 0 spiro atoms. The first-order valence-corrected chi connectivity index (χ1v) is 9.99. The van der Waals surface area contributed by atoms with Crippen LogP contribution in [-0.4, -0.2) is 40.3 Å². The molecule has 2 fully saturated rings. The van der Waals surface area contributed by atoms with Crippen molar-refractivity contribution in [3.05, 3.63) is 65.2 Å². The predicted molar refractivity (Wildman–Crippen MR) is 104 cm³/mol.